The number of nitrogens with one attached hydrogen (secondary N) is 1. The van der Waals surface area contributed by atoms with Gasteiger partial charge < -0.3 is 21.1 Å². The van der Waals surface area contributed by atoms with Gasteiger partial charge in [-0.3, -0.25) is 4.79 Å². The molecular weight excluding hydrogens is 218 g/mol. The molecule has 0 heterocycles. The largest absolute Gasteiger partial charge is 0.387 e. The lowest BCUT2D eigenvalue weighted by Crippen LogP contribution is -2.48. The van der Waals surface area contributed by atoms with Crippen LogP contribution in [0.15, 0.2) is 0 Å². The fourth-order valence-corrected chi connectivity index (χ4v) is 1.74. The number of aliphatic hydroxyl groups is 1. The monoisotopic (exact) mass is 245 g/mol. The predicted octanol–water partition coefficient (Wildman–Crippen LogP) is -0.210. The quantitative estimate of drug-likeness (QED) is 0.553. The number of hydrogen-bond donors (Lipinski definition) is 3. The zero-order valence-corrected chi connectivity index (χ0v) is 11.5. The van der Waals surface area contributed by atoms with Crippen LogP contribution in [-0.4, -0.2) is 55.2 Å². The van der Waals surface area contributed by atoms with Gasteiger partial charge in [-0.05, 0) is 40.4 Å². The topological polar surface area (TPSA) is 78.6 Å². The maximum atomic E-state index is 11.7. The lowest BCUT2D eigenvalue weighted by molar-refractivity contribution is -0.126. The van der Waals surface area contributed by atoms with Crippen molar-refractivity contribution in [2.75, 3.05) is 33.7 Å². The Balaban J connectivity index is 3.97. The summed E-state index contributed by atoms with van der Waals surface area (Å²) >= 11 is 0. The first-order chi connectivity index (χ1) is 7.78. The van der Waals surface area contributed by atoms with Gasteiger partial charge in [-0.1, -0.05) is 6.92 Å². The third-order valence-corrected chi connectivity index (χ3v) is 2.59. The van der Waals surface area contributed by atoms with E-state index in [-0.39, 0.29) is 18.4 Å². The predicted molar refractivity (Wildman–Crippen MR) is 69.6 cm³/mol. The molecule has 0 saturated carbocycles. The number of nitrogens with two attached hydrogens (primary N) is 1. The molecule has 4 N–H and O–H groups in total. The molecule has 5 heteroatoms. The third kappa shape index (κ3) is 8.12. The van der Waals surface area contributed by atoms with Crippen LogP contribution in [-0.2, 0) is 4.79 Å². The first kappa shape index (κ1) is 16.4. The summed E-state index contributed by atoms with van der Waals surface area (Å²) in [7, 11) is 3.78. The number of likely N-dealkylation sites (N-methyl/N-ethyl adjacent to an activating group) is 1. The lowest BCUT2D eigenvalue weighted by atomic mass is 10.0. The molecule has 5 nitrogen and oxygen atoms in total. The van der Waals surface area contributed by atoms with Crippen molar-refractivity contribution in [3.63, 3.8) is 0 Å². The number of carbonyl (C=O) groups excluding carboxylic acids is 1. The van der Waals surface area contributed by atoms with Crippen molar-refractivity contribution in [2.45, 2.75) is 32.3 Å². The summed E-state index contributed by atoms with van der Waals surface area (Å²) in [5, 5.41) is 12.8. The molecular formula is C12H27N3O2. The minimum Gasteiger partial charge on any atom is -0.387 e. The van der Waals surface area contributed by atoms with E-state index in [1.165, 1.54) is 0 Å². The zero-order chi connectivity index (χ0) is 13.5. The van der Waals surface area contributed by atoms with Crippen molar-refractivity contribution in [3.8, 4) is 0 Å². The third-order valence-electron chi connectivity index (χ3n) is 2.59. The Morgan fingerprint density at radius 2 is 2.12 bits per heavy atom. The molecule has 0 aromatic rings. The van der Waals surface area contributed by atoms with Gasteiger partial charge in [0.1, 0.15) is 0 Å². The first-order valence-corrected chi connectivity index (χ1v) is 6.13. The standard InChI is InChI=1S/C12H27N3O2/c1-10(6-5-7-13)11(16)14-8-12(2,17)9-15(3)4/h10,17H,5-9,13H2,1-4H3,(H,14,16). The minimum atomic E-state index is -0.896. The molecule has 2 unspecified atom stereocenters. The molecule has 1 amide bonds. The highest BCUT2D eigenvalue weighted by molar-refractivity contribution is 5.78. The van der Waals surface area contributed by atoms with Crippen LogP contribution in [0.4, 0.5) is 0 Å². The SMILES string of the molecule is CC(CCCN)C(=O)NCC(C)(O)CN(C)C. The van der Waals surface area contributed by atoms with Crippen LogP contribution >= 0.6 is 0 Å². The van der Waals surface area contributed by atoms with E-state index in [4.69, 9.17) is 5.73 Å². The van der Waals surface area contributed by atoms with Crippen molar-refractivity contribution < 1.29 is 9.90 Å². The van der Waals surface area contributed by atoms with Gasteiger partial charge in [0.15, 0.2) is 0 Å². The van der Waals surface area contributed by atoms with Gasteiger partial charge in [-0.15, -0.1) is 0 Å². The van der Waals surface area contributed by atoms with Crippen LogP contribution in [0, 0.1) is 5.92 Å². The number of nitrogens with zero attached hydrogens (tertiary/aromatic N) is 1. The molecule has 0 rings (SSSR count). The van der Waals surface area contributed by atoms with Crippen molar-refractivity contribution in [1.29, 1.82) is 0 Å². The normalized spacial score (nSPS) is 16.6. The average Bonchev–Trinajstić information content (AvgIpc) is 2.20. The molecule has 0 aromatic heterocycles. The molecule has 17 heavy (non-hydrogen) atoms. The summed E-state index contributed by atoms with van der Waals surface area (Å²) in [5.74, 6) is -0.0637. The maximum absolute atomic E-state index is 11.7. The van der Waals surface area contributed by atoms with E-state index in [1.54, 1.807) is 6.92 Å². The summed E-state index contributed by atoms with van der Waals surface area (Å²) in [6.07, 6.45) is 1.64. The van der Waals surface area contributed by atoms with Gasteiger partial charge in [0, 0.05) is 19.0 Å². The van der Waals surface area contributed by atoms with Gasteiger partial charge in [-0.25, -0.2) is 0 Å². The Hall–Kier alpha value is -0.650. The van der Waals surface area contributed by atoms with Gasteiger partial charge in [0.05, 0.1) is 5.60 Å². The van der Waals surface area contributed by atoms with Crippen LogP contribution in [0.25, 0.3) is 0 Å². The second-order valence-electron chi connectivity index (χ2n) is 5.28. The van der Waals surface area contributed by atoms with Gasteiger partial charge in [0.25, 0.3) is 0 Å². The van der Waals surface area contributed by atoms with E-state index in [0.717, 1.165) is 12.8 Å². The van der Waals surface area contributed by atoms with Crippen LogP contribution in [0.1, 0.15) is 26.7 Å². The molecule has 2 atom stereocenters. The molecule has 0 aliphatic heterocycles. The Morgan fingerprint density at radius 3 is 2.59 bits per heavy atom. The molecule has 0 aliphatic rings. The Labute approximate surface area is 104 Å². The molecule has 102 valence electrons. The van der Waals surface area contributed by atoms with Crippen LogP contribution < -0.4 is 11.1 Å². The molecule has 0 fully saturated rings. The fourth-order valence-electron chi connectivity index (χ4n) is 1.74. The summed E-state index contributed by atoms with van der Waals surface area (Å²) in [5.41, 5.74) is 4.50. The summed E-state index contributed by atoms with van der Waals surface area (Å²) < 4.78 is 0. The highest BCUT2D eigenvalue weighted by Gasteiger charge is 2.23. The fraction of sp³-hybridized carbons (Fsp3) is 0.917. The van der Waals surface area contributed by atoms with Crippen LogP contribution in [0.3, 0.4) is 0 Å². The Kier molecular flexibility index (Phi) is 7.34. The number of carbonyl (C=O) groups is 1. The number of rotatable bonds is 8. The molecule has 0 spiro atoms. The van der Waals surface area contributed by atoms with Crippen molar-refractivity contribution in [3.05, 3.63) is 0 Å². The number of amides is 1. The van der Waals surface area contributed by atoms with E-state index in [0.29, 0.717) is 13.1 Å². The van der Waals surface area contributed by atoms with Crippen LogP contribution in [0.2, 0.25) is 0 Å². The van der Waals surface area contributed by atoms with Crippen molar-refractivity contribution in [1.82, 2.24) is 10.2 Å². The second-order valence-corrected chi connectivity index (χ2v) is 5.28. The second kappa shape index (κ2) is 7.63. The first-order valence-electron chi connectivity index (χ1n) is 6.13. The Morgan fingerprint density at radius 1 is 1.53 bits per heavy atom. The molecule has 0 radical (unpaired) electrons. The van der Waals surface area contributed by atoms with E-state index < -0.39 is 5.60 Å². The number of hydrogen-bond acceptors (Lipinski definition) is 4. The van der Waals surface area contributed by atoms with Crippen molar-refractivity contribution >= 4 is 5.91 Å². The minimum absolute atomic E-state index is 0.0162. The molecule has 0 aromatic carbocycles. The summed E-state index contributed by atoms with van der Waals surface area (Å²) in [4.78, 5) is 13.6. The molecule has 0 aliphatic carbocycles. The van der Waals surface area contributed by atoms with E-state index in [1.807, 2.05) is 25.9 Å². The maximum Gasteiger partial charge on any atom is 0.222 e. The molecule has 0 saturated heterocycles. The summed E-state index contributed by atoms with van der Waals surface area (Å²) in [6.45, 7) is 5.00. The van der Waals surface area contributed by atoms with Crippen LogP contribution in [0.5, 0.6) is 0 Å². The van der Waals surface area contributed by atoms with Gasteiger partial charge in [0.2, 0.25) is 5.91 Å². The molecule has 0 bridgehead atoms. The highest BCUT2D eigenvalue weighted by Crippen LogP contribution is 2.07. The van der Waals surface area contributed by atoms with Gasteiger partial charge >= 0.3 is 0 Å². The lowest BCUT2D eigenvalue weighted by Gasteiger charge is -2.27. The summed E-state index contributed by atoms with van der Waals surface area (Å²) in [6, 6.07) is 0. The van der Waals surface area contributed by atoms with E-state index >= 15 is 0 Å². The van der Waals surface area contributed by atoms with E-state index in [9.17, 15) is 9.90 Å². The van der Waals surface area contributed by atoms with Gasteiger partial charge in [-0.2, -0.15) is 0 Å². The average molecular weight is 245 g/mol. The Bertz CT molecular complexity index is 230. The van der Waals surface area contributed by atoms with Crippen molar-refractivity contribution in [2.24, 2.45) is 11.7 Å². The zero-order valence-electron chi connectivity index (χ0n) is 11.5. The smallest absolute Gasteiger partial charge is 0.222 e. The highest BCUT2D eigenvalue weighted by atomic mass is 16.3. The van der Waals surface area contributed by atoms with E-state index in [2.05, 4.69) is 5.32 Å².